The average Bonchev–Trinajstić information content (AvgIpc) is 3.14. The number of hydrogen-bond donors (Lipinski definition) is 4. The number of nitrogens with zero attached hydrogens (tertiary/aromatic N) is 2. The zero-order valence-electron chi connectivity index (χ0n) is 14.3. The molecule has 2 aliphatic heterocycles. The van der Waals surface area contributed by atoms with E-state index < -0.39 is 28.5 Å². The Hall–Kier alpha value is -1.76. The fourth-order valence-electron chi connectivity index (χ4n) is 3.93. The molecule has 0 aromatic rings. The van der Waals surface area contributed by atoms with Crippen molar-refractivity contribution in [2.75, 3.05) is 13.6 Å². The molecule has 26 heavy (non-hydrogen) atoms. The average molecular weight is 389 g/mol. The summed E-state index contributed by atoms with van der Waals surface area (Å²) in [6.07, 6.45) is 3.15. The normalized spacial score (nSPS) is 31.4. The SMILES string of the molecule is CNC1CCC(C(=O)NC(=N)C2CCC3CN2C(=O)N3OS(=O)(=O)O)C1. The van der Waals surface area contributed by atoms with Gasteiger partial charge >= 0.3 is 16.4 Å². The van der Waals surface area contributed by atoms with Crippen LogP contribution in [0.2, 0.25) is 0 Å². The molecule has 0 spiro atoms. The maximum Gasteiger partial charge on any atom is 0.418 e. The van der Waals surface area contributed by atoms with Gasteiger partial charge in [0.05, 0.1) is 12.1 Å². The third-order valence-electron chi connectivity index (χ3n) is 5.30. The van der Waals surface area contributed by atoms with Gasteiger partial charge in [0.25, 0.3) is 0 Å². The molecule has 146 valence electrons. The summed E-state index contributed by atoms with van der Waals surface area (Å²) in [6, 6.07) is -1.62. The Bertz CT molecular complexity index is 713. The Balaban J connectivity index is 1.61. The number of hydroxylamine groups is 2. The first kappa shape index (κ1) is 19.0. The van der Waals surface area contributed by atoms with Gasteiger partial charge in [0.1, 0.15) is 5.84 Å². The Labute approximate surface area is 151 Å². The summed E-state index contributed by atoms with van der Waals surface area (Å²) in [5, 5.41) is 14.6. The number of piperidine rings is 1. The van der Waals surface area contributed by atoms with E-state index in [0.29, 0.717) is 30.4 Å². The monoisotopic (exact) mass is 389 g/mol. The van der Waals surface area contributed by atoms with E-state index in [1.807, 2.05) is 7.05 Å². The summed E-state index contributed by atoms with van der Waals surface area (Å²) in [6.45, 7) is 0.169. The number of urea groups is 1. The van der Waals surface area contributed by atoms with E-state index >= 15 is 0 Å². The van der Waals surface area contributed by atoms with Crippen molar-refractivity contribution in [3.63, 3.8) is 0 Å². The minimum Gasteiger partial charge on any atom is -0.317 e. The van der Waals surface area contributed by atoms with Gasteiger partial charge in [-0.2, -0.15) is 13.5 Å². The Morgan fingerprint density at radius 2 is 2.04 bits per heavy atom. The van der Waals surface area contributed by atoms with E-state index in [4.69, 9.17) is 9.96 Å². The van der Waals surface area contributed by atoms with Crippen LogP contribution >= 0.6 is 0 Å². The zero-order chi connectivity index (χ0) is 19.1. The maximum absolute atomic E-state index is 12.4. The Morgan fingerprint density at radius 1 is 1.31 bits per heavy atom. The molecule has 1 saturated carbocycles. The molecule has 0 aromatic heterocycles. The second-order valence-electron chi connectivity index (χ2n) is 6.91. The zero-order valence-corrected chi connectivity index (χ0v) is 15.2. The highest BCUT2D eigenvalue weighted by Crippen LogP contribution is 2.31. The second-order valence-corrected chi connectivity index (χ2v) is 7.91. The molecule has 2 bridgehead atoms. The van der Waals surface area contributed by atoms with Crippen molar-refractivity contribution in [3.05, 3.63) is 0 Å². The van der Waals surface area contributed by atoms with Gasteiger partial charge in [0, 0.05) is 18.5 Å². The number of rotatable bonds is 5. The first-order chi connectivity index (χ1) is 12.2. The fraction of sp³-hybridized carbons (Fsp3) is 0.786. The summed E-state index contributed by atoms with van der Waals surface area (Å²) < 4.78 is 34.9. The number of hydrogen-bond acceptors (Lipinski definition) is 7. The highest BCUT2D eigenvalue weighted by atomic mass is 32.3. The lowest BCUT2D eigenvalue weighted by atomic mass is 9.99. The largest absolute Gasteiger partial charge is 0.418 e. The summed E-state index contributed by atoms with van der Waals surface area (Å²) in [5.74, 6) is -0.478. The lowest BCUT2D eigenvalue weighted by Crippen LogP contribution is -2.51. The first-order valence-electron chi connectivity index (χ1n) is 8.53. The van der Waals surface area contributed by atoms with Crippen LogP contribution in [0.15, 0.2) is 0 Å². The molecular formula is C14H23N5O6S. The summed E-state index contributed by atoms with van der Waals surface area (Å²) in [5.41, 5.74) is 0. The highest BCUT2D eigenvalue weighted by molar-refractivity contribution is 7.80. The minimum absolute atomic E-state index is 0.0802. The van der Waals surface area contributed by atoms with Crippen LogP contribution in [0.4, 0.5) is 4.79 Å². The third kappa shape index (κ3) is 3.82. The van der Waals surface area contributed by atoms with Gasteiger partial charge in [-0.15, -0.1) is 4.28 Å². The molecule has 12 heteroatoms. The first-order valence-corrected chi connectivity index (χ1v) is 9.89. The van der Waals surface area contributed by atoms with Gasteiger partial charge in [0.2, 0.25) is 5.91 Å². The predicted octanol–water partition coefficient (Wildman–Crippen LogP) is -0.529. The summed E-state index contributed by atoms with van der Waals surface area (Å²) in [4.78, 5) is 26.0. The smallest absolute Gasteiger partial charge is 0.317 e. The highest BCUT2D eigenvalue weighted by Gasteiger charge is 2.48. The van der Waals surface area contributed by atoms with Crippen LogP contribution in [-0.2, 0) is 19.5 Å². The minimum atomic E-state index is -4.81. The van der Waals surface area contributed by atoms with Crippen molar-refractivity contribution in [1.82, 2.24) is 20.6 Å². The lowest BCUT2D eigenvalue weighted by Gasteiger charge is -2.31. The fourth-order valence-corrected chi connectivity index (χ4v) is 4.32. The van der Waals surface area contributed by atoms with Crippen LogP contribution in [-0.4, -0.2) is 72.4 Å². The molecule has 2 heterocycles. The van der Waals surface area contributed by atoms with Gasteiger partial charge in [-0.1, -0.05) is 0 Å². The predicted molar refractivity (Wildman–Crippen MR) is 89.4 cm³/mol. The number of carbonyl (C=O) groups excluding carboxylic acids is 2. The van der Waals surface area contributed by atoms with Crippen LogP contribution in [0, 0.1) is 11.3 Å². The quantitative estimate of drug-likeness (QED) is 0.280. The molecule has 4 atom stereocenters. The van der Waals surface area contributed by atoms with Crippen molar-refractivity contribution in [1.29, 1.82) is 5.41 Å². The molecule has 3 rings (SSSR count). The summed E-state index contributed by atoms with van der Waals surface area (Å²) in [7, 11) is -2.95. The molecule has 4 N–H and O–H groups in total. The van der Waals surface area contributed by atoms with Crippen molar-refractivity contribution in [2.24, 2.45) is 5.92 Å². The van der Waals surface area contributed by atoms with Gasteiger partial charge in [-0.25, -0.2) is 4.79 Å². The molecular weight excluding hydrogens is 366 g/mol. The molecule has 2 saturated heterocycles. The molecule has 0 aromatic carbocycles. The number of amides is 3. The van der Waals surface area contributed by atoms with E-state index in [1.54, 1.807) is 0 Å². The van der Waals surface area contributed by atoms with Gasteiger partial charge < -0.3 is 15.5 Å². The van der Waals surface area contributed by atoms with E-state index in [1.165, 1.54) is 4.90 Å². The molecule has 3 amide bonds. The van der Waals surface area contributed by atoms with Crippen molar-refractivity contribution < 1.29 is 26.8 Å². The van der Waals surface area contributed by atoms with Crippen molar-refractivity contribution in [3.8, 4) is 0 Å². The van der Waals surface area contributed by atoms with E-state index in [-0.39, 0.29) is 24.2 Å². The number of carbonyl (C=O) groups is 2. The number of amidine groups is 1. The van der Waals surface area contributed by atoms with Crippen LogP contribution in [0.1, 0.15) is 32.1 Å². The van der Waals surface area contributed by atoms with Gasteiger partial charge in [-0.3, -0.25) is 14.8 Å². The number of fused-ring (bicyclic) bond motifs is 2. The molecule has 4 unspecified atom stereocenters. The van der Waals surface area contributed by atoms with Crippen LogP contribution in [0.5, 0.6) is 0 Å². The van der Waals surface area contributed by atoms with Gasteiger partial charge in [0.15, 0.2) is 0 Å². The topological polar surface area (TPSA) is 152 Å². The second kappa shape index (κ2) is 7.10. The molecule has 3 aliphatic rings. The Morgan fingerprint density at radius 3 is 2.65 bits per heavy atom. The molecule has 3 fully saturated rings. The van der Waals surface area contributed by atoms with E-state index in [9.17, 15) is 18.0 Å². The molecule has 1 aliphatic carbocycles. The van der Waals surface area contributed by atoms with Crippen molar-refractivity contribution in [2.45, 2.75) is 50.2 Å². The maximum atomic E-state index is 12.4. The third-order valence-corrected chi connectivity index (χ3v) is 5.65. The Kier molecular flexibility index (Phi) is 5.19. The van der Waals surface area contributed by atoms with Crippen molar-refractivity contribution >= 4 is 28.2 Å². The lowest BCUT2D eigenvalue weighted by molar-refractivity contribution is -0.123. The van der Waals surface area contributed by atoms with Gasteiger partial charge in [-0.05, 0) is 39.2 Å². The standard InChI is InChI=1S/C14H23N5O6S/c1-16-9-3-2-8(6-9)13(20)17-12(15)11-5-4-10-7-18(11)14(21)19(10)25-26(22,23)24/h8-11,16H,2-7H2,1H3,(H2,15,17,20)(H,22,23,24). The molecule has 0 radical (unpaired) electrons. The van der Waals surface area contributed by atoms with E-state index in [2.05, 4.69) is 14.9 Å². The molecule has 11 nitrogen and oxygen atoms in total. The number of nitrogens with one attached hydrogen (secondary N) is 3. The van der Waals surface area contributed by atoms with Crippen LogP contribution in [0.3, 0.4) is 0 Å². The summed E-state index contributed by atoms with van der Waals surface area (Å²) >= 11 is 0. The van der Waals surface area contributed by atoms with Crippen LogP contribution in [0.25, 0.3) is 0 Å². The van der Waals surface area contributed by atoms with Crippen LogP contribution < -0.4 is 10.6 Å². The van der Waals surface area contributed by atoms with E-state index in [0.717, 1.165) is 12.8 Å².